The predicted molar refractivity (Wildman–Crippen MR) is 69.4 cm³/mol. The summed E-state index contributed by atoms with van der Waals surface area (Å²) in [5.74, 6) is -5.21. The van der Waals surface area contributed by atoms with Gasteiger partial charge in [0.1, 0.15) is 5.75 Å². The van der Waals surface area contributed by atoms with Gasteiger partial charge in [-0.2, -0.15) is 0 Å². The van der Waals surface area contributed by atoms with Crippen LogP contribution in [0.4, 0.5) is 14.5 Å². The molecule has 0 saturated carbocycles. The van der Waals surface area contributed by atoms with Gasteiger partial charge >= 0.3 is 5.97 Å². The lowest BCUT2D eigenvalue weighted by atomic mass is 10.1. The van der Waals surface area contributed by atoms with E-state index in [1.54, 1.807) is 0 Å². The molecule has 0 unspecified atom stereocenters. The van der Waals surface area contributed by atoms with Crippen LogP contribution in [0.1, 0.15) is 20.7 Å². The zero-order valence-corrected chi connectivity index (χ0v) is 10.4. The van der Waals surface area contributed by atoms with Crippen molar-refractivity contribution in [2.24, 2.45) is 0 Å². The van der Waals surface area contributed by atoms with Gasteiger partial charge in [-0.25, -0.2) is 13.6 Å². The minimum Gasteiger partial charge on any atom is -0.507 e. The highest BCUT2D eigenvalue weighted by Gasteiger charge is 2.16. The highest BCUT2D eigenvalue weighted by Crippen LogP contribution is 2.22. The van der Waals surface area contributed by atoms with E-state index in [-0.39, 0.29) is 11.3 Å². The number of carbonyl (C=O) groups is 2. The van der Waals surface area contributed by atoms with E-state index in [2.05, 4.69) is 5.32 Å². The standard InChI is InChI=1S/C14H9F2NO4/c15-10-5-9(12(18)6-11(10)16)13(19)17-8-3-1-7(2-4-8)14(20)21/h1-6,18H,(H,17,19)(H,20,21). The number of benzene rings is 2. The average Bonchev–Trinajstić information content (AvgIpc) is 2.43. The van der Waals surface area contributed by atoms with Crippen LogP contribution >= 0.6 is 0 Å². The summed E-state index contributed by atoms with van der Waals surface area (Å²) in [5.41, 5.74) is -0.158. The zero-order valence-electron chi connectivity index (χ0n) is 10.4. The van der Waals surface area contributed by atoms with E-state index >= 15 is 0 Å². The fourth-order valence-electron chi connectivity index (χ4n) is 1.61. The van der Waals surface area contributed by atoms with Crippen LogP contribution in [0.3, 0.4) is 0 Å². The van der Waals surface area contributed by atoms with Crippen molar-refractivity contribution in [2.45, 2.75) is 0 Å². The van der Waals surface area contributed by atoms with Gasteiger partial charge < -0.3 is 15.5 Å². The molecule has 5 nitrogen and oxygen atoms in total. The Kier molecular flexibility index (Phi) is 3.84. The summed E-state index contributed by atoms with van der Waals surface area (Å²) in [6, 6.07) is 6.27. The van der Waals surface area contributed by atoms with Crippen LogP contribution in [0.25, 0.3) is 0 Å². The SMILES string of the molecule is O=C(O)c1ccc(NC(=O)c2cc(F)c(F)cc2O)cc1. The van der Waals surface area contributed by atoms with Gasteiger partial charge in [0.25, 0.3) is 5.91 Å². The Labute approximate surface area is 117 Å². The van der Waals surface area contributed by atoms with E-state index < -0.39 is 34.8 Å². The fourth-order valence-corrected chi connectivity index (χ4v) is 1.61. The van der Waals surface area contributed by atoms with E-state index in [0.717, 1.165) is 0 Å². The summed E-state index contributed by atoms with van der Waals surface area (Å²) in [7, 11) is 0. The van der Waals surface area contributed by atoms with Gasteiger partial charge in [-0.15, -0.1) is 0 Å². The number of phenolic OH excluding ortho intramolecular Hbond substituents is 1. The number of aromatic hydroxyl groups is 1. The average molecular weight is 293 g/mol. The van der Waals surface area contributed by atoms with Crippen LogP contribution in [-0.2, 0) is 0 Å². The van der Waals surface area contributed by atoms with E-state index in [1.807, 2.05) is 0 Å². The third-order valence-corrected chi connectivity index (χ3v) is 2.67. The maximum Gasteiger partial charge on any atom is 0.335 e. The lowest BCUT2D eigenvalue weighted by Crippen LogP contribution is -2.13. The Bertz CT molecular complexity index is 714. The first kappa shape index (κ1) is 14.4. The first-order valence-corrected chi connectivity index (χ1v) is 5.71. The summed E-state index contributed by atoms with van der Waals surface area (Å²) in [6.07, 6.45) is 0. The van der Waals surface area contributed by atoms with Crippen LogP contribution in [0.15, 0.2) is 36.4 Å². The number of halogens is 2. The quantitative estimate of drug-likeness (QED) is 0.812. The van der Waals surface area contributed by atoms with E-state index in [1.165, 1.54) is 24.3 Å². The molecule has 21 heavy (non-hydrogen) atoms. The molecule has 108 valence electrons. The largest absolute Gasteiger partial charge is 0.507 e. The summed E-state index contributed by atoms with van der Waals surface area (Å²) in [6.45, 7) is 0. The number of carboxylic acids is 1. The van der Waals surface area contributed by atoms with Crippen molar-refractivity contribution in [3.8, 4) is 5.75 Å². The van der Waals surface area contributed by atoms with Gasteiger partial charge in [-0.1, -0.05) is 0 Å². The van der Waals surface area contributed by atoms with Crippen LogP contribution in [0.2, 0.25) is 0 Å². The predicted octanol–water partition coefficient (Wildman–Crippen LogP) is 2.62. The second-order valence-electron chi connectivity index (χ2n) is 4.12. The van der Waals surface area contributed by atoms with Gasteiger partial charge in [0.2, 0.25) is 0 Å². The smallest absolute Gasteiger partial charge is 0.335 e. The first-order valence-electron chi connectivity index (χ1n) is 5.71. The summed E-state index contributed by atoms with van der Waals surface area (Å²) < 4.78 is 25.9. The minimum atomic E-state index is -1.27. The van der Waals surface area contributed by atoms with Gasteiger partial charge in [-0.3, -0.25) is 4.79 Å². The van der Waals surface area contributed by atoms with Gasteiger partial charge in [-0.05, 0) is 30.3 Å². The molecule has 0 heterocycles. The van der Waals surface area contributed by atoms with Gasteiger partial charge in [0.15, 0.2) is 11.6 Å². The number of carboxylic acid groups (broad SMARTS) is 1. The first-order chi connectivity index (χ1) is 9.88. The van der Waals surface area contributed by atoms with Crippen LogP contribution in [0.5, 0.6) is 5.75 Å². The number of phenols is 1. The zero-order chi connectivity index (χ0) is 15.6. The van der Waals surface area contributed by atoms with E-state index in [9.17, 15) is 23.5 Å². The Hall–Kier alpha value is -2.96. The van der Waals surface area contributed by atoms with Gasteiger partial charge in [0.05, 0.1) is 11.1 Å². The van der Waals surface area contributed by atoms with Gasteiger partial charge in [0, 0.05) is 11.8 Å². The Morgan fingerprint density at radius 3 is 2.14 bits per heavy atom. The number of nitrogens with one attached hydrogen (secondary N) is 1. The van der Waals surface area contributed by atoms with Crippen molar-refractivity contribution in [2.75, 3.05) is 5.32 Å². The third-order valence-electron chi connectivity index (χ3n) is 2.67. The molecular formula is C14H9F2NO4. The molecule has 2 rings (SSSR count). The van der Waals surface area contributed by atoms with Crippen molar-refractivity contribution >= 4 is 17.6 Å². The minimum absolute atomic E-state index is 0.0312. The molecule has 0 fully saturated rings. The molecule has 0 atom stereocenters. The Morgan fingerprint density at radius 2 is 1.57 bits per heavy atom. The Balaban J connectivity index is 2.22. The molecule has 0 bridgehead atoms. The second kappa shape index (κ2) is 5.58. The van der Waals surface area contributed by atoms with E-state index in [0.29, 0.717) is 12.1 Å². The van der Waals surface area contributed by atoms with Crippen LogP contribution in [0, 0.1) is 11.6 Å². The van der Waals surface area contributed by atoms with Crippen molar-refractivity contribution in [1.29, 1.82) is 0 Å². The highest BCUT2D eigenvalue weighted by molar-refractivity contribution is 6.06. The lowest BCUT2D eigenvalue weighted by molar-refractivity contribution is 0.0696. The molecule has 7 heteroatoms. The molecule has 0 radical (unpaired) electrons. The highest BCUT2D eigenvalue weighted by atomic mass is 19.2. The second-order valence-corrected chi connectivity index (χ2v) is 4.12. The molecule has 0 spiro atoms. The summed E-state index contributed by atoms with van der Waals surface area (Å²) >= 11 is 0. The molecule has 2 aromatic carbocycles. The Morgan fingerprint density at radius 1 is 1.00 bits per heavy atom. The number of carbonyl (C=O) groups excluding carboxylic acids is 1. The van der Waals surface area contributed by atoms with Crippen LogP contribution in [-0.4, -0.2) is 22.1 Å². The van der Waals surface area contributed by atoms with Crippen molar-refractivity contribution in [3.05, 3.63) is 59.2 Å². The van der Waals surface area contributed by atoms with Crippen molar-refractivity contribution < 1.29 is 28.6 Å². The van der Waals surface area contributed by atoms with E-state index in [4.69, 9.17) is 5.11 Å². The lowest BCUT2D eigenvalue weighted by Gasteiger charge is -2.07. The summed E-state index contributed by atoms with van der Waals surface area (Å²) in [4.78, 5) is 22.5. The fraction of sp³-hybridized carbons (Fsp3) is 0. The van der Waals surface area contributed by atoms with Crippen molar-refractivity contribution in [3.63, 3.8) is 0 Å². The number of amides is 1. The maximum atomic E-state index is 13.1. The maximum absolute atomic E-state index is 13.1. The topological polar surface area (TPSA) is 86.6 Å². The van der Waals surface area contributed by atoms with Crippen molar-refractivity contribution in [1.82, 2.24) is 0 Å². The number of anilines is 1. The molecule has 1 amide bonds. The molecule has 0 aliphatic heterocycles. The monoisotopic (exact) mass is 293 g/mol. The molecule has 0 aromatic heterocycles. The van der Waals surface area contributed by atoms with Crippen LogP contribution < -0.4 is 5.32 Å². The number of hydrogen-bond donors (Lipinski definition) is 3. The molecular weight excluding hydrogens is 284 g/mol. The molecule has 2 aromatic rings. The molecule has 0 aliphatic rings. The number of rotatable bonds is 3. The molecule has 3 N–H and O–H groups in total. The molecule has 0 saturated heterocycles. The number of aromatic carboxylic acids is 1. The third kappa shape index (κ3) is 3.14. The summed E-state index contributed by atoms with van der Waals surface area (Å²) in [5, 5.41) is 20.5. The molecule has 0 aliphatic carbocycles. The normalized spacial score (nSPS) is 10.2. The number of hydrogen-bond acceptors (Lipinski definition) is 3.